The van der Waals surface area contributed by atoms with Crippen molar-refractivity contribution < 1.29 is 14.5 Å². The number of carbonyl (C=O) groups excluding carboxylic acids is 1. The predicted molar refractivity (Wildman–Crippen MR) is 107 cm³/mol. The third-order valence-electron chi connectivity index (χ3n) is 4.47. The summed E-state index contributed by atoms with van der Waals surface area (Å²) in [4.78, 5) is 13.5. The number of hydrogen-bond acceptors (Lipinski definition) is 2. The van der Waals surface area contributed by atoms with Gasteiger partial charge in [0.1, 0.15) is 11.9 Å². The third-order valence-corrected chi connectivity index (χ3v) is 5.43. The first-order valence-electron chi connectivity index (χ1n) is 9.06. The van der Waals surface area contributed by atoms with Crippen molar-refractivity contribution in [2.24, 2.45) is 0 Å². The molecule has 0 aliphatic carbocycles. The van der Waals surface area contributed by atoms with E-state index in [1.54, 1.807) is 23.5 Å². The van der Waals surface area contributed by atoms with Gasteiger partial charge in [-0.1, -0.05) is 48.0 Å². The molecule has 0 aliphatic rings. The first kappa shape index (κ1) is 19.3. The lowest BCUT2D eigenvalue weighted by Crippen LogP contribution is -2.87. The molecule has 3 aromatic rings. The van der Waals surface area contributed by atoms with Gasteiger partial charge >= 0.3 is 0 Å². The largest absolute Gasteiger partial charge is 0.351 e. The zero-order chi connectivity index (χ0) is 19.1. The van der Waals surface area contributed by atoms with Gasteiger partial charge in [-0.2, -0.15) is 0 Å². The minimum atomic E-state index is -0.242. The van der Waals surface area contributed by atoms with Gasteiger partial charge in [-0.3, -0.25) is 4.79 Å². The molecule has 1 amide bonds. The van der Waals surface area contributed by atoms with Crippen LogP contribution < -0.4 is 10.6 Å². The van der Waals surface area contributed by atoms with Gasteiger partial charge in [0.2, 0.25) is 0 Å². The van der Waals surface area contributed by atoms with Gasteiger partial charge in [0, 0.05) is 12.1 Å². The summed E-state index contributed by atoms with van der Waals surface area (Å²) in [7, 11) is 0. The van der Waals surface area contributed by atoms with Crippen molar-refractivity contribution in [2.75, 3.05) is 13.1 Å². The van der Waals surface area contributed by atoms with E-state index in [9.17, 15) is 9.18 Å². The molecule has 0 spiro atoms. The van der Waals surface area contributed by atoms with Crippen LogP contribution in [0.4, 0.5) is 4.39 Å². The normalized spacial score (nSPS) is 11.9. The average Bonchev–Trinajstić information content (AvgIpc) is 3.19. The number of carbonyl (C=O) groups is 1. The lowest BCUT2D eigenvalue weighted by Gasteiger charge is -2.15. The number of quaternary nitrogens is 1. The second-order valence-electron chi connectivity index (χ2n) is 6.57. The van der Waals surface area contributed by atoms with Gasteiger partial charge in [0.05, 0.1) is 4.88 Å². The zero-order valence-electron chi connectivity index (χ0n) is 15.3. The maximum atomic E-state index is 12.9. The van der Waals surface area contributed by atoms with Crippen molar-refractivity contribution in [1.29, 1.82) is 0 Å². The molecule has 3 nitrogen and oxygen atoms in total. The van der Waals surface area contributed by atoms with Gasteiger partial charge in [-0.15, -0.1) is 11.3 Å². The highest BCUT2D eigenvalue weighted by atomic mass is 32.1. The van der Waals surface area contributed by atoms with E-state index in [0.717, 1.165) is 5.56 Å². The second-order valence-corrected chi connectivity index (χ2v) is 7.55. The van der Waals surface area contributed by atoms with E-state index in [2.05, 4.69) is 53.3 Å². The smallest absolute Gasteiger partial charge is 0.275 e. The van der Waals surface area contributed by atoms with Crippen LogP contribution in [0.25, 0.3) is 0 Å². The van der Waals surface area contributed by atoms with E-state index in [1.165, 1.54) is 28.1 Å². The first-order chi connectivity index (χ1) is 13.1. The number of nitrogens with one attached hydrogen (secondary N) is 1. The molecule has 0 bridgehead atoms. The van der Waals surface area contributed by atoms with E-state index in [1.807, 2.05) is 6.07 Å². The number of hydrogen-bond donors (Lipinski definition) is 2. The van der Waals surface area contributed by atoms with E-state index < -0.39 is 0 Å². The van der Waals surface area contributed by atoms with E-state index in [4.69, 9.17) is 0 Å². The fraction of sp³-hybridized carbons (Fsp3) is 0.227. The molecule has 27 heavy (non-hydrogen) atoms. The van der Waals surface area contributed by atoms with Gasteiger partial charge in [0.25, 0.3) is 5.91 Å². The van der Waals surface area contributed by atoms with Gasteiger partial charge in [-0.25, -0.2) is 4.39 Å². The minimum Gasteiger partial charge on any atom is -0.351 e. The van der Waals surface area contributed by atoms with E-state index >= 15 is 0 Å². The lowest BCUT2D eigenvalue weighted by atomic mass is 10.0. The average molecular weight is 384 g/mol. The monoisotopic (exact) mass is 383 g/mol. The number of nitrogens with two attached hydrogens (primary N) is 1. The van der Waals surface area contributed by atoms with E-state index in [0.29, 0.717) is 19.5 Å². The quantitative estimate of drug-likeness (QED) is 0.616. The summed E-state index contributed by atoms with van der Waals surface area (Å²) in [5.41, 5.74) is 3.43. The molecular formula is C22H24FN2OS+. The topological polar surface area (TPSA) is 45.7 Å². The van der Waals surface area contributed by atoms with Crippen molar-refractivity contribution in [2.45, 2.75) is 19.4 Å². The Labute approximate surface area is 163 Å². The molecule has 0 saturated carbocycles. The molecule has 140 valence electrons. The molecule has 3 N–H and O–H groups in total. The molecule has 0 radical (unpaired) electrons. The summed E-state index contributed by atoms with van der Waals surface area (Å²) in [6.07, 6.45) is 0.693. The van der Waals surface area contributed by atoms with Crippen molar-refractivity contribution in [3.8, 4) is 0 Å². The van der Waals surface area contributed by atoms with Crippen LogP contribution in [0.15, 0.2) is 66.0 Å². The van der Waals surface area contributed by atoms with Gasteiger partial charge in [0.15, 0.2) is 6.54 Å². The molecule has 0 unspecified atom stereocenters. The number of thiophene rings is 1. The Balaban J connectivity index is 1.53. The Bertz CT molecular complexity index is 845. The molecular weight excluding hydrogens is 359 g/mol. The summed E-state index contributed by atoms with van der Waals surface area (Å²) >= 11 is 1.70. The molecule has 0 saturated heterocycles. The zero-order valence-corrected chi connectivity index (χ0v) is 16.1. The van der Waals surface area contributed by atoms with E-state index in [-0.39, 0.29) is 17.8 Å². The molecule has 3 rings (SSSR count). The van der Waals surface area contributed by atoms with Crippen molar-refractivity contribution >= 4 is 17.2 Å². The number of amides is 1. The summed E-state index contributed by atoms with van der Waals surface area (Å²) in [6, 6.07) is 19.1. The second kappa shape index (κ2) is 9.44. The summed E-state index contributed by atoms with van der Waals surface area (Å²) in [6.45, 7) is 2.98. The van der Waals surface area contributed by atoms with Crippen LogP contribution in [0.2, 0.25) is 0 Å². The van der Waals surface area contributed by atoms with Gasteiger partial charge in [-0.05, 0) is 42.5 Å². The SMILES string of the molecule is Cc1ccc([C@@H]([NH2+]CC(=O)NCCc2ccc(F)cc2)c2cccs2)cc1. The molecule has 2 aromatic carbocycles. The minimum absolute atomic E-state index is 0.00535. The highest BCUT2D eigenvalue weighted by Gasteiger charge is 2.19. The molecule has 0 fully saturated rings. The van der Waals surface area contributed by atoms with Crippen molar-refractivity contribution in [3.63, 3.8) is 0 Å². The van der Waals surface area contributed by atoms with Crippen molar-refractivity contribution in [1.82, 2.24) is 5.32 Å². The number of rotatable bonds is 8. The fourth-order valence-electron chi connectivity index (χ4n) is 2.95. The third kappa shape index (κ3) is 5.74. The summed E-state index contributed by atoms with van der Waals surface area (Å²) < 4.78 is 12.9. The van der Waals surface area contributed by atoms with Crippen LogP contribution in [-0.2, 0) is 11.2 Å². The number of halogens is 1. The lowest BCUT2D eigenvalue weighted by molar-refractivity contribution is -0.676. The standard InChI is InChI=1S/C22H23FN2OS/c1-16-4-8-18(9-5-16)22(20-3-2-14-27-20)25-15-21(26)24-13-12-17-6-10-19(23)11-7-17/h2-11,14,22,25H,12-13,15H2,1H3,(H,24,26)/p+1/t22-/m1/s1. The Morgan fingerprint density at radius 3 is 2.52 bits per heavy atom. The van der Waals surface area contributed by atoms with Crippen molar-refractivity contribution in [3.05, 3.63) is 93.4 Å². The van der Waals surface area contributed by atoms with Crippen LogP contribution in [0.1, 0.15) is 27.6 Å². The summed E-state index contributed by atoms with van der Waals surface area (Å²) in [5, 5.41) is 7.08. The first-order valence-corrected chi connectivity index (χ1v) is 9.94. The van der Waals surface area contributed by atoms with Crippen LogP contribution in [0.3, 0.4) is 0 Å². The summed E-state index contributed by atoms with van der Waals surface area (Å²) in [5.74, 6) is -0.237. The maximum absolute atomic E-state index is 12.9. The Morgan fingerprint density at radius 1 is 1.11 bits per heavy atom. The molecule has 5 heteroatoms. The fourth-order valence-corrected chi connectivity index (χ4v) is 3.80. The molecule has 1 aromatic heterocycles. The Kier molecular flexibility index (Phi) is 6.74. The number of aryl methyl sites for hydroxylation is 1. The maximum Gasteiger partial charge on any atom is 0.275 e. The molecule has 0 aliphatic heterocycles. The Morgan fingerprint density at radius 2 is 1.85 bits per heavy atom. The number of benzene rings is 2. The highest BCUT2D eigenvalue weighted by Crippen LogP contribution is 2.22. The van der Waals surface area contributed by atoms with Crippen LogP contribution in [-0.4, -0.2) is 19.0 Å². The molecule has 1 atom stereocenters. The highest BCUT2D eigenvalue weighted by molar-refractivity contribution is 7.10. The van der Waals surface area contributed by atoms with Crippen LogP contribution in [0, 0.1) is 12.7 Å². The van der Waals surface area contributed by atoms with Gasteiger partial charge < -0.3 is 10.6 Å². The Hall–Kier alpha value is -2.50. The molecule has 1 heterocycles. The van der Waals surface area contributed by atoms with Crippen LogP contribution >= 0.6 is 11.3 Å². The van der Waals surface area contributed by atoms with Crippen LogP contribution in [0.5, 0.6) is 0 Å². The predicted octanol–water partition coefficient (Wildman–Crippen LogP) is 3.21.